The molecule has 0 aliphatic rings. The van der Waals surface area contributed by atoms with E-state index in [9.17, 15) is 12.8 Å². The SMILES string of the molecule is NC(=S)c1c(F)cccc1S(=O)(=O)Nc1nccs1. The number of aromatic nitrogens is 1. The van der Waals surface area contributed by atoms with Crippen molar-refractivity contribution in [1.29, 1.82) is 0 Å². The number of halogens is 1. The smallest absolute Gasteiger partial charge is 0.264 e. The van der Waals surface area contributed by atoms with Crippen molar-refractivity contribution in [3.05, 3.63) is 41.2 Å². The van der Waals surface area contributed by atoms with Gasteiger partial charge in [0.2, 0.25) is 0 Å². The van der Waals surface area contributed by atoms with E-state index in [-0.39, 0.29) is 20.6 Å². The minimum atomic E-state index is -3.99. The summed E-state index contributed by atoms with van der Waals surface area (Å²) in [6, 6.07) is 3.60. The number of nitrogens with one attached hydrogen (secondary N) is 1. The number of anilines is 1. The molecule has 9 heteroatoms. The molecule has 0 saturated heterocycles. The Kier molecular flexibility index (Phi) is 3.78. The zero-order valence-electron chi connectivity index (χ0n) is 9.33. The molecule has 2 rings (SSSR count). The molecule has 1 heterocycles. The molecule has 0 amide bonds. The van der Waals surface area contributed by atoms with Gasteiger partial charge in [-0.3, -0.25) is 4.72 Å². The molecule has 100 valence electrons. The van der Waals surface area contributed by atoms with Crippen LogP contribution in [0.5, 0.6) is 0 Å². The van der Waals surface area contributed by atoms with Crippen molar-refractivity contribution >= 4 is 43.7 Å². The molecule has 1 aromatic carbocycles. The van der Waals surface area contributed by atoms with Crippen molar-refractivity contribution in [3.8, 4) is 0 Å². The van der Waals surface area contributed by atoms with Crippen molar-refractivity contribution in [1.82, 2.24) is 4.98 Å². The summed E-state index contributed by atoms with van der Waals surface area (Å²) in [5.74, 6) is -0.783. The molecular weight excluding hydrogens is 309 g/mol. The van der Waals surface area contributed by atoms with Gasteiger partial charge in [-0.05, 0) is 12.1 Å². The van der Waals surface area contributed by atoms with Gasteiger partial charge >= 0.3 is 0 Å². The fourth-order valence-electron chi connectivity index (χ4n) is 1.41. The molecule has 0 aliphatic heterocycles. The molecule has 2 aromatic rings. The number of sulfonamides is 1. The van der Waals surface area contributed by atoms with Gasteiger partial charge in [-0.15, -0.1) is 11.3 Å². The highest BCUT2D eigenvalue weighted by molar-refractivity contribution is 7.93. The van der Waals surface area contributed by atoms with Gasteiger partial charge in [0, 0.05) is 11.6 Å². The molecule has 0 fully saturated rings. The number of thiocarbonyl (C=S) groups is 1. The summed E-state index contributed by atoms with van der Waals surface area (Å²) in [6.07, 6.45) is 1.45. The first-order valence-corrected chi connectivity index (χ1v) is 7.69. The Labute approximate surface area is 118 Å². The minimum absolute atomic E-state index is 0.179. The monoisotopic (exact) mass is 317 g/mol. The summed E-state index contributed by atoms with van der Waals surface area (Å²) in [5, 5.41) is 1.79. The number of hydrogen-bond acceptors (Lipinski definition) is 5. The van der Waals surface area contributed by atoms with Gasteiger partial charge in [0.25, 0.3) is 10.0 Å². The second-order valence-electron chi connectivity index (χ2n) is 3.42. The lowest BCUT2D eigenvalue weighted by atomic mass is 10.2. The van der Waals surface area contributed by atoms with Gasteiger partial charge in [-0.2, -0.15) is 0 Å². The van der Waals surface area contributed by atoms with Crippen molar-refractivity contribution < 1.29 is 12.8 Å². The van der Waals surface area contributed by atoms with E-state index in [0.29, 0.717) is 0 Å². The molecule has 0 bridgehead atoms. The Morgan fingerprint density at radius 2 is 2.21 bits per heavy atom. The number of nitrogens with two attached hydrogens (primary N) is 1. The average molecular weight is 317 g/mol. The largest absolute Gasteiger partial charge is 0.389 e. The molecule has 0 unspecified atom stereocenters. The Bertz CT molecular complexity index is 714. The summed E-state index contributed by atoms with van der Waals surface area (Å²) in [7, 11) is -3.99. The van der Waals surface area contributed by atoms with Gasteiger partial charge in [0.15, 0.2) is 5.13 Å². The van der Waals surface area contributed by atoms with Crippen LogP contribution in [0.15, 0.2) is 34.7 Å². The van der Waals surface area contributed by atoms with Crippen LogP contribution in [0.1, 0.15) is 5.56 Å². The summed E-state index contributed by atoms with van der Waals surface area (Å²) in [5.41, 5.74) is 5.07. The fraction of sp³-hybridized carbons (Fsp3) is 0. The lowest BCUT2D eigenvalue weighted by Crippen LogP contribution is -2.21. The van der Waals surface area contributed by atoms with Gasteiger partial charge in [-0.25, -0.2) is 17.8 Å². The van der Waals surface area contributed by atoms with E-state index in [1.54, 1.807) is 5.38 Å². The van der Waals surface area contributed by atoms with Crippen LogP contribution in [0.3, 0.4) is 0 Å². The second-order valence-corrected chi connectivity index (χ2v) is 6.41. The van der Waals surface area contributed by atoms with Gasteiger partial charge in [0.05, 0.1) is 5.56 Å². The molecule has 1 aromatic heterocycles. The third-order valence-electron chi connectivity index (χ3n) is 2.17. The van der Waals surface area contributed by atoms with Crippen LogP contribution >= 0.6 is 23.6 Å². The average Bonchev–Trinajstić information content (AvgIpc) is 2.80. The number of nitrogens with zero attached hydrogens (tertiary/aromatic N) is 1. The molecule has 0 radical (unpaired) electrons. The van der Waals surface area contributed by atoms with Crippen molar-refractivity contribution in [2.24, 2.45) is 5.73 Å². The molecule has 19 heavy (non-hydrogen) atoms. The molecule has 0 atom stereocenters. The van der Waals surface area contributed by atoms with E-state index in [1.165, 1.54) is 18.3 Å². The van der Waals surface area contributed by atoms with E-state index in [4.69, 9.17) is 5.73 Å². The summed E-state index contributed by atoms with van der Waals surface area (Å²) in [4.78, 5) is 3.16. The van der Waals surface area contributed by atoms with Crippen LogP contribution in [0.4, 0.5) is 9.52 Å². The predicted octanol–water partition coefficient (Wildman–Crippen LogP) is 1.72. The van der Waals surface area contributed by atoms with E-state index < -0.39 is 15.8 Å². The van der Waals surface area contributed by atoms with E-state index >= 15 is 0 Å². The van der Waals surface area contributed by atoms with Crippen LogP contribution in [0.25, 0.3) is 0 Å². The van der Waals surface area contributed by atoms with Crippen LogP contribution in [-0.4, -0.2) is 18.4 Å². The van der Waals surface area contributed by atoms with Crippen LogP contribution in [-0.2, 0) is 10.0 Å². The van der Waals surface area contributed by atoms with Crippen molar-refractivity contribution in [2.45, 2.75) is 4.90 Å². The molecule has 0 spiro atoms. The fourth-order valence-corrected chi connectivity index (χ4v) is 3.70. The molecule has 0 aliphatic carbocycles. The maximum absolute atomic E-state index is 13.6. The van der Waals surface area contributed by atoms with Crippen LogP contribution < -0.4 is 10.5 Å². The summed E-state index contributed by atoms with van der Waals surface area (Å²) < 4.78 is 40.2. The first-order chi connectivity index (χ1) is 8.92. The predicted molar refractivity (Wildman–Crippen MR) is 75.2 cm³/mol. The first-order valence-electron chi connectivity index (χ1n) is 4.92. The highest BCUT2D eigenvalue weighted by Gasteiger charge is 2.23. The quantitative estimate of drug-likeness (QED) is 0.839. The van der Waals surface area contributed by atoms with E-state index in [2.05, 4.69) is 21.9 Å². The minimum Gasteiger partial charge on any atom is -0.389 e. The summed E-state index contributed by atoms with van der Waals surface area (Å²) >= 11 is 5.79. The van der Waals surface area contributed by atoms with E-state index in [1.807, 2.05) is 0 Å². The molecular formula is C10H8FN3O2S3. The lowest BCUT2D eigenvalue weighted by Gasteiger charge is -2.10. The number of benzene rings is 1. The van der Waals surface area contributed by atoms with Crippen LogP contribution in [0, 0.1) is 5.82 Å². The highest BCUT2D eigenvalue weighted by Crippen LogP contribution is 2.22. The normalized spacial score (nSPS) is 11.2. The number of rotatable bonds is 4. The van der Waals surface area contributed by atoms with Gasteiger partial charge in [-0.1, -0.05) is 18.3 Å². The first kappa shape index (κ1) is 13.8. The van der Waals surface area contributed by atoms with Gasteiger partial charge < -0.3 is 5.73 Å². The zero-order valence-corrected chi connectivity index (χ0v) is 11.8. The van der Waals surface area contributed by atoms with Crippen molar-refractivity contribution in [2.75, 3.05) is 4.72 Å². The Balaban J connectivity index is 2.52. The third kappa shape index (κ3) is 2.88. The maximum atomic E-state index is 13.6. The van der Waals surface area contributed by atoms with Gasteiger partial charge in [0.1, 0.15) is 15.7 Å². The Hall–Kier alpha value is -1.58. The lowest BCUT2D eigenvalue weighted by molar-refractivity contribution is 0.594. The molecule has 5 nitrogen and oxygen atoms in total. The summed E-state index contributed by atoms with van der Waals surface area (Å²) in [6.45, 7) is 0. The zero-order chi connectivity index (χ0) is 14.0. The standard InChI is InChI=1S/C10H8FN3O2S3/c11-6-2-1-3-7(8(6)9(12)17)19(15,16)14-10-13-4-5-18-10/h1-5H,(H2,12,17)(H,13,14). The number of hydrogen-bond donors (Lipinski definition) is 2. The van der Waals surface area contributed by atoms with E-state index in [0.717, 1.165) is 17.4 Å². The van der Waals surface area contributed by atoms with Crippen LogP contribution in [0.2, 0.25) is 0 Å². The number of thiazole rings is 1. The topological polar surface area (TPSA) is 85.1 Å². The second kappa shape index (κ2) is 5.19. The Morgan fingerprint density at radius 3 is 2.79 bits per heavy atom. The third-order valence-corrected chi connectivity index (χ3v) is 4.57. The Morgan fingerprint density at radius 1 is 1.47 bits per heavy atom. The maximum Gasteiger partial charge on any atom is 0.264 e. The molecule has 0 saturated carbocycles. The van der Waals surface area contributed by atoms with Crippen molar-refractivity contribution in [3.63, 3.8) is 0 Å². The highest BCUT2D eigenvalue weighted by atomic mass is 32.2. The molecule has 3 N–H and O–H groups in total.